The number of ether oxygens (including phenoxy) is 1. The summed E-state index contributed by atoms with van der Waals surface area (Å²) < 4.78 is 5.46. The molecule has 1 saturated heterocycles. The minimum atomic E-state index is -0.265. The first-order valence-corrected chi connectivity index (χ1v) is 11.2. The molecule has 1 heterocycles. The number of carbonyl (C=O) groups is 2. The lowest BCUT2D eigenvalue weighted by Gasteiger charge is -2.27. The molecule has 1 unspecified atom stereocenters. The van der Waals surface area contributed by atoms with Gasteiger partial charge in [0.05, 0.1) is 6.54 Å². The Morgan fingerprint density at radius 1 is 1.07 bits per heavy atom. The molecule has 5 heteroatoms. The highest BCUT2D eigenvalue weighted by Gasteiger charge is 2.25. The summed E-state index contributed by atoms with van der Waals surface area (Å²) in [6.45, 7) is 6.74. The molecule has 27 heavy (non-hydrogen) atoms. The zero-order valence-electron chi connectivity index (χ0n) is 18.0. The van der Waals surface area contributed by atoms with Crippen LogP contribution in [-0.2, 0) is 14.3 Å². The Labute approximate surface area is 166 Å². The molecule has 0 N–H and O–H groups in total. The summed E-state index contributed by atoms with van der Waals surface area (Å²) in [4.78, 5) is 27.3. The monoisotopic (exact) mass is 382 g/mol. The number of esters is 1. The fourth-order valence-corrected chi connectivity index (χ4v) is 3.82. The van der Waals surface area contributed by atoms with Gasteiger partial charge in [0.15, 0.2) is 0 Å². The van der Waals surface area contributed by atoms with E-state index in [2.05, 4.69) is 18.9 Å². The van der Waals surface area contributed by atoms with Crippen LogP contribution < -0.4 is 0 Å². The molecular weight excluding hydrogens is 340 g/mol. The highest BCUT2D eigenvalue weighted by Crippen LogP contribution is 2.13. The van der Waals surface area contributed by atoms with Crippen molar-refractivity contribution in [1.82, 2.24) is 9.80 Å². The van der Waals surface area contributed by atoms with Gasteiger partial charge in [-0.25, -0.2) is 0 Å². The van der Waals surface area contributed by atoms with Crippen LogP contribution in [0.1, 0.15) is 90.9 Å². The van der Waals surface area contributed by atoms with Gasteiger partial charge in [-0.05, 0) is 26.4 Å². The number of unbranched alkanes of at least 4 members (excludes halogenated alkanes) is 9. The zero-order chi connectivity index (χ0) is 19.9. The Morgan fingerprint density at radius 3 is 2.19 bits per heavy atom. The molecule has 0 saturated carbocycles. The van der Waals surface area contributed by atoms with E-state index in [1.165, 1.54) is 71.1 Å². The van der Waals surface area contributed by atoms with Crippen molar-refractivity contribution >= 4 is 11.9 Å². The van der Waals surface area contributed by atoms with Gasteiger partial charge >= 0.3 is 5.97 Å². The normalized spacial score (nSPS) is 15.6. The Morgan fingerprint density at radius 2 is 1.67 bits per heavy atom. The number of amides is 1. The van der Waals surface area contributed by atoms with Crippen molar-refractivity contribution in [3.63, 3.8) is 0 Å². The smallest absolute Gasteiger partial charge is 0.303 e. The quantitative estimate of drug-likeness (QED) is 0.293. The van der Waals surface area contributed by atoms with E-state index in [1.807, 2.05) is 4.90 Å². The molecule has 5 nitrogen and oxygen atoms in total. The van der Waals surface area contributed by atoms with Gasteiger partial charge < -0.3 is 14.5 Å². The molecule has 1 aliphatic heterocycles. The number of likely N-dealkylation sites (N-methyl/N-ethyl adjacent to an activating group) is 1. The zero-order valence-corrected chi connectivity index (χ0v) is 18.0. The van der Waals surface area contributed by atoms with Crippen LogP contribution in [-0.4, -0.2) is 61.0 Å². The highest BCUT2D eigenvalue weighted by atomic mass is 16.5. The average molecular weight is 383 g/mol. The second kappa shape index (κ2) is 14.9. The molecule has 0 aromatic carbocycles. The number of likely N-dealkylation sites (tertiary alicyclic amines) is 1. The van der Waals surface area contributed by atoms with E-state index in [0.717, 1.165) is 19.5 Å². The van der Waals surface area contributed by atoms with Gasteiger partial charge in [-0.2, -0.15) is 0 Å². The molecule has 0 aromatic rings. The molecule has 1 fully saturated rings. The van der Waals surface area contributed by atoms with Crippen molar-refractivity contribution in [3.05, 3.63) is 0 Å². The van der Waals surface area contributed by atoms with Gasteiger partial charge in [-0.15, -0.1) is 0 Å². The van der Waals surface area contributed by atoms with Crippen LogP contribution in [0.5, 0.6) is 0 Å². The largest absolute Gasteiger partial charge is 0.459 e. The Kier molecular flexibility index (Phi) is 13.2. The molecule has 0 aliphatic carbocycles. The standard InChI is InChI=1S/C22H42N2O3/c1-4-5-6-7-8-9-10-11-12-13-16-23(3)18-21(27-20(2)25)19-24-17-14-15-22(24)26/h21H,4-19H2,1-3H3. The molecule has 158 valence electrons. The van der Waals surface area contributed by atoms with Gasteiger partial charge in [-0.1, -0.05) is 64.7 Å². The predicted octanol–water partition coefficient (Wildman–Crippen LogP) is 4.39. The molecule has 1 rings (SSSR count). The van der Waals surface area contributed by atoms with Crippen LogP contribution in [0.2, 0.25) is 0 Å². The van der Waals surface area contributed by atoms with Crippen LogP contribution in [0.3, 0.4) is 0 Å². The van der Waals surface area contributed by atoms with Crippen molar-refractivity contribution in [2.45, 2.75) is 97.0 Å². The maximum Gasteiger partial charge on any atom is 0.303 e. The lowest BCUT2D eigenvalue weighted by Crippen LogP contribution is -2.42. The lowest BCUT2D eigenvalue weighted by molar-refractivity contribution is -0.149. The van der Waals surface area contributed by atoms with Crippen LogP contribution in [0, 0.1) is 0 Å². The summed E-state index contributed by atoms with van der Waals surface area (Å²) in [5.74, 6) is -0.0801. The predicted molar refractivity (Wildman–Crippen MR) is 111 cm³/mol. The molecule has 1 amide bonds. The van der Waals surface area contributed by atoms with Crippen molar-refractivity contribution in [3.8, 4) is 0 Å². The summed E-state index contributed by atoms with van der Waals surface area (Å²) in [7, 11) is 2.08. The maximum absolute atomic E-state index is 11.8. The molecule has 1 aliphatic rings. The third kappa shape index (κ3) is 12.1. The first-order valence-electron chi connectivity index (χ1n) is 11.2. The number of hydrogen-bond acceptors (Lipinski definition) is 4. The number of carbonyl (C=O) groups excluding carboxylic acids is 2. The Balaban J connectivity index is 2.11. The van der Waals surface area contributed by atoms with Gasteiger partial charge in [0, 0.05) is 26.4 Å². The SMILES string of the molecule is CCCCCCCCCCCCN(C)CC(CN1CCCC1=O)OC(C)=O. The summed E-state index contributed by atoms with van der Waals surface area (Å²) in [6, 6.07) is 0. The summed E-state index contributed by atoms with van der Waals surface area (Å²) in [6.07, 6.45) is 14.7. The van der Waals surface area contributed by atoms with Gasteiger partial charge in [0.2, 0.25) is 5.91 Å². The average Bonchev–Trinajstić information content (AvgIpc) is 3.00. The van der Waals surface area contributed by atoms with Crippen LogP contribution in [0.4, 0.5) is 0 Å². The van der Waals surface area contributed by atoms with E-state index in [9.17, 15) is 9.59 Å². The summed E-state index contributed by atoms with van der Waals surface area (Å²) in [5.41, 5.74) is 0. The fraction of sp³-hybridized carbons (Fsp3) is 0.909. The van der Waals surface area contributed by atoms with Crippen LogP contribution in [0.15, 0.2) is 0 Å². The molecule has 0 aromatic heterocycles. The number of nitrogens with zero attached hydrogens (tertiary/aromatic N) is 2. The number of hydrogen-bond donors (Lipinski definition) is 0. The minimum absolute atomic E-state index is 0.185. The number of rotatable bonds is 16. The van der Waals surface area contributed by atoms with Crippen molar-refractivity contribution < 1.29 is 14.3 Å². The van der Waals surface area contributed by atoms with Gasteiger partial charge in [0.25, 0.3) is 0 Å². The van der Waals surface area contributed by atoms with E-state index in [-0.39, 0.29) is 18.0 Å². The third-order valence-electron chi connectivity index (χ3n) is 5.34. The second-order valence-corrected chi connectivity index (χ2v) is 8.12. The molecule has 1 atom stereocenters. The van der Waals surface area contributed by atoms with Crippen molar-refractivity contribution in [2.75, 3.05) is 33.2 Å². The van der Waals surface area contributed by atoms with E-state index in [4.69, 9.17) is 4.74 Å². The van der Waals surface area contributed by atoms with Crippen molar-refractivity contribution in [2.24, 2.45) is 0 Å². The van der Waals surface area contributed by atoms with Crippen LogP contribution >= 0.6 is 0 Å². The highest BCUT2D eigenvalue weighted by molar-refractivity contribution is 5.78. The summed E-state index contributed by atoms with van der Waals surface area (Å²) in [5, 5.41) is 0. The van der Waals surface area contributed by atoms with Gasteiger partial charge in [0.1, 0.15) is 6.10 Å². The van der Waals surface area contributed by atoms with E-state index < -0.39 is 0 Å². The van der Waals surface area contributed by atoms with Crippen LogP contribution in [0.25, 0.3) is 0 Å². The first-order chi connectivity index (χ1) is 13.0. The first kappa shape index (κ1) is 23.9. The molecule has 0 radical (unpaired) electrons. The minimum Gasteiger partial charge on any atom is -0.459 e. The lowest BCUT2D eigenvalue weighted by atomic mass is 10.1. The second-order valence-electron chi connectivity index (χ2n) is 8.12. The molecule has 0 spiro atoms. The topological polar surface area (TPSA) is 49.9 Å². The maximum atomic E-state index is 11.8. The molecular formula is C22H42N2O3. The Hall–Kier alpha value is -1.10. The van der Waals surface area contributed by atoms with E-state index in [1.54, 1.807) is 0 Å². The Bertz CT molecular complexity index is 414. The fourth-order valence-electron chi connectivity index (χ4n) is 3.82. The van der Waals surface area contributed by atoms with E-state index >= 15 is 0 Å². The van der Waals surface area contributed by atoms with E-state index in [0.29, 0.717) is 19.5 Å². The third-order valence-corrected chi connectivity index (χ3v) is 5.34. The molecule has 0 bridgehead atoms. The van der Waals surface area contributed by atoms with Crippen molar-refractivity contribution in [1.29, 1.82) is 0 Å². The summed E-state index contributed by atoms with van der Waals surface area (Å²) >= 11 is 0. The van der Waals surface area contributed by atoms with Gasteiger partial charge in [-0.3, -0.25) is 9.59 Å².